The van der Waals surface area contributed by atoms with Crippen molar-refractivity contribution in [3.05, 3.63) is 53.8 Å². The van der Waals surface area contributed by atoms with E-state index in [0.29, 0.717) is 12.2 Å². The van der Waals surface area contributed by atoms with Gasteiger partial charge in [-0.15, -0.1) is 0 Å². The lowest BCUT2D eigenvalue weighted by atomic mass is 10.2. The molecule has 0 spiro atoms. The smallest absolute Gasteiger partial charge is 0.414 e. The molecule has 0 aliphatic carbocycles. The van der Waals surface area contributed by atoms with Gasteiger partial charge in [0.05, 0.1) is 23.9 Å². The second-order valence-corrected chi connectivity index (χ2v) is 6.88. The van der Waals surface area contributed by atoms with Gasteiger partial charge >= 0.3 is 18.2 Å². The third kappa shape index (κ3) is 8.13. The number of nitrogens with one attached hydrogen (secondary N) is 3. The molecule has 0 saturated carbocycles. The molecule has 3 N–H and O–H groups in total. The Balaban J connectivity index is 2.07. The van der Waals surface area contributed by atoms with E-state index >= 15 is 0 Å². The minimum atomic E-state index is -0.885. The minimum absolute atomic E-state index is 0.176. The molecule has 0 unspecified atom stereocenters. The number of carbonyl (C=O) groups is 3. The van der Waals surface area contributed by atoms with Crippen molar-refractivity contribution in [3.63, 3.8) is 0 Å². The molecule has 0 atom stereocenters. The average Bonchev–Trinajstić information content (AvgIpc) is 2.75. The molecule has 32 heavy (non-hydrogen) atoms. The first kappa shape index (κ1) is 24.4. The number of ether oxygens (including phenoxy) is 3. The van der Waals surface area contributed by atoms with Gasteiger partial charge in [0.2, 0.25) is 6.79 Å². The highest BCUT2D eigenvalue weighted by atomic mass is 19.1. The summed E-state index contributed by atoms with van der Waals surface area (Å²) in [5.41, 5.74) is 1.96. The molecule has 0 saturated heterocycles. The maximum absolute atomic E-state index is 13.1. The Kier molecular flexibility index (Phi) is 9.27. The van der Waals surface area contributed by atoms with Crippen LogP contribution in [-0.4, -0.2) is 31.6 Å². The van der Waals surface area contributed by atoms with Gasteiger partial charge in [-0.2, -0.15) is 0 Å². The summed E-state index contributed by atoms with van der Waals surface area (Å²) < 4.78 is 27.6. The minimum Gasteiger partial charge on any atom is -0.450 e. The van der Waals surface area contributed by atoms with Gasteiger partial charge in [-0.05, 0) is 42.8 Å². The van der Waals surface area contributed by atoms with E-state index in [9.17, 15) is 18.8 Å². The fraction of sp³-hybridized carbons (Fsp3) is 0.318. The van der Waals surface area contributed by atoms with Crippen molar-refractivity contribution in [1.29, 1.82) is 0 Å². The zero-order valence-corrected chi connectivity index (χ0v) is 18.1. The maximum Gasteiger partial charge on any atom is 0.414 e. The molecule has 0 aliphatic rings. The number of rotatable bonds is 9. The Hall–Kier alpha value is -3.82. The van der Waals surface area contributed by atoms with Crippen LogP contribution in [-0.2, 0) is 25.5 Å². The first-order chi connectivity index (χ1) is 15.3. The van der Waals surface area contributed by atoms with E-state index < -0.39 is 24.9 Å². The van der Waals surface area contributed by atoms with E-state index in [1.807, 2.05) is 0 Å². The summed E-state index contributed by atoms with van der Waals surface area (Å²) >= 11 is 0. The van der Waals surface area contributed by atoms with Gasteiger partial charge in [-0.25, -0.2) is 14.0 Å². The number of esters is 1. The Labute approximate surface area is 185 Å². The second-order valence-electron chi connectivity index (χ2n) is 6.88. The monoisotopic (exact) mass is 447 g/mol. The second kappa shape index (κ2) is 12.1. The number of hydrogen-bond donors (Lipinski definition) is 3. The number of amides is 2. The SMILES string of the molecule is CCOC(=O)Nc1ccc(NCc2ccc(F)cc2)cc1NC(=O)OCOC(=O)C(C)C. The molecule has 0 heterocycles. The standard InChI is InChI=1S/C22H26FN3O6/c1-4-30-21(28)25-18-10-9-17(24-12-15-5-7-16(23)8-6-15)11-19(18)26-22(29)32-13-31-20(27)14(2)3/h5-11,14,24H,4,12-13H2,1-3H3,(H,25,28)(H,26,29). The predicted molar refractivity (Wildman–Crippen MR) is 117 cm³/mol. The first-order valence-corrected chi connectivity index (χ1v) is 9.95. The largest absolute Gasteiger partial charge is 0.450 e. The van der Waals surface area contributed by atoms with Gasteiger partial charge in [-0.3, -0.25) is 15.4 Å². The molecule has 172 valence electrons. The van der Waals surface area contributed by atoms with Crippen LogP contribution in [0.15, 0.2) is 42.5 Å². The molecule has 0 aliphatic heterocycles. The highest BCUT2D eigenvalue weighted by Crippen LogP contribution is 2.27. The van der Waals surface area contributed by atoms with E-state index in [4.69, 9.17) is 14.2 Å². The predicted octanol–water partition coefficient (Wildman–Crippen LogP) is 4.71. The lowest BCUT2D eigenvalue weighted by Gasteiger charge is -2.15. The van der Waals surface area contributed by atoms with E-state index in [1.54, 1.807) is 51.1 Å². The van der Waals surface area contributed by atoms with E-state index in [1.165, 1.54) is 12.1 Å². The first-order valence-electron chi connectivity index (χ1n) is 9.95. The molecular formula is C22H26FN3O6. The van der Waals surface area contributed by atoms with E-state index in [0.717, 1.165) is 5.56 Å². The normalized spacial score (nSPS) is 10.3. The van der Waals surface area contributed by atoms with Crippen LogP contribution in [0.25, 0.3) is 0 Å². The molecule has 2 amide bonds. The van der Waals surface area contributed by atoms with Gasteiger partial charge in [-0.1, -0.05) is 26.0 Å². The van der Waals surface area contributed by atoms with Crippen molar-refractivity contribution in [2.75, 3.05) is 29.4 Å². The van der Waals surface area contributed by atoms with Gasteiger partial charge in [0.25, 0.3) is 0 Å². The lowest BCUT2D eigenvalue weighted by molar-refractivity contribution is -0.155. The summed E-state index contributed by atoms with van der Waals surface area (Å²) in [7, 11) is 0. The zero-order valence-electron chi connectivity index (χ0n) is 18.1. The number of anilines is 3. The summed E-state index contributed by atoms with van der Waals surface area (Å²) in [5.74, 6) is -1.19. The van der Waals surface area contributed by atoms with Crippen molar-refractivity contribution in [3.8, 4) is 0 Å². The molecule has 0 aromatic heterocycles. The van der Waals surface area contributed by atoms with E-state index in [-0.39, 0.29) is 29.7 Å². The quantitative estimate of drug-likeness (QED) is 0.377. The van der Waals surface area contributed by atoms with Crippen molar-refractivity contribution >= 4 is 35.2 Å². The van der Waals surface area contributed by atoms with Crippen LogP contribution in [0.3, 0.4) is 0 Å². The molecule has 2 aromatic rings. The number of carbonyl (C=O) groups excluding carboxylic acids is 3. The Morgan fingerprint density at radius 2 is 1.56 bits per heavy atom. The summed E-state index contributed by atoms with van der Waals surface area (Å²) in [5, 5.41) is 8.16. The molecule has 2 aromatic carbocycles. The van der Waals surface area contributed by atoms with Crippen LogP contribution in [0.4, 0.5) is 31.0 Å². The summed E-state index contributed by atoms with van der Waals surface area (Å²) in [4.78, 5) is 35.4. The molecule has 0 radical (unpaired) electrons. The van der Waals surface area contributed by atoms with Gasteiger partial charge < -0.3 is 19.5 Å². The van der Waals surface area contributed by atoms with Crippen molar-refractivity contribution in [2.45, 2.75) is 27.3 Å². The summed E-state index contributed by atoms with van der Waals surface area (Å²) in [6, 6.07) is 10.8. The molecular weight excluding hydrogens is 421 g/mol. The topological polar surface area (TPSA) is 115 Å². The molecule has 0 bridgehead atoms. The van der Waals surface area contributed by atoms with Crippen LogP contribution >= 0.6 is 0 Å². The third-order valence-electron chi connectivity index (χ3n) is 4.04. The van der Waals surface area contributed by atoms with E-state index in [2.05, 4.69) is 16.0 Å². The average molecular weight is 447 g/mol. The van der Waals surface area contributed by atoms with Gasteiger partial charge in [0, 0.05) is 12.2 Å². The number of benzene rings is 2. The summed E-state index contributed by atoms with van der Waals surface area (Å²) in [6.45, 7) is 5.00. The maximum atomic E-state index is 13.1. The highest BCUT2D eigenvalue weighted by Gasteiger charge is 2.14. The zero-order chi connectivity index (χ0) is 23.5. The third-order valence-corrected chi connectivity index (χ3v) is 4.04. The number of hydrogen-bond acceptors (Lipinski definition) is 7. The van der Waals surface area contributed by atoms with Gasteiger partial charge in [0.15, 0.2) is 0 Å². The van der Waals surface area contributed by atoms with Crippen molar-refractivity contribution < 1.29 is 33.0 Å². The molecule has 10 heteroatoms. The van der Waals surface area contributed by atoms with Crippen LogP contribution in [0.2, 0.25) is 0 Å². The Morgan fingerprint density at radius 3 is 2.22 bits per heavy atom. The van der Waals surface area contributed by atoms with Crippen molar-refractivity contribution in [1.82, 2.24) is 0 Å². The lowest BCUT2D eigenvalue weighted by Crippen LogP contribution is -2.21. The van der Waals surface area contributed by atoms with Crippen LogP contribution in [0.5, 0.6) is 0 Å². The van der Waals surface area contributed by atoms with Crippen LogP contribution in [0.1, 0.15) is 26.3 Å². The fourth-order valence-corrected chi connectivity index (χ4v) is 2.40. The molecule has 9 nitrogen and oxygen atoms in total. The summed E-state index contributed by atoms with van der Waals surface area (Å²) in [6.07, 6.45) is -1.58. The number of halogens is 1. The van der Waals surface area contributed by atoms with Crippen LogP contribution < -0.4 is 16.0 Å². The fourth-order valence-electron chi connectivity index (χ4n) is 2.40. The Morgan fingerprint density at radius 1 is 0.906 bits per heavy atom. The highest BCUT2D eigenvalue weighted by molar-refractivity contribution is 5.96. The Bertz CT molecular complexity index is 934. The molecule has 0 fully saturated rings. The van der Waals surface area contributed by atoms with Crippen molar-refractivity contribution in [2.24, 2.45) is 5.92 Å². The molecule has 2 rings (SSSR count). The van der Waals surface area contributed by atoms with Gasteiger partial charge in [0.1, 0.15) is 5.82 Å². The van der Waals surface area contributed by atoms with Crippen LogP contribution in [0, 0.1) is 11.7 Å².